The van der Waals surface area contributed by atoms with Crippen molar-refractivity contribution >= 4 is 6.03 Å². The lowest BCUT2D eigenvalue weighted by molar-refractivity contribution is -0.137. The fourth-order valence-corrected chi connectivity index (χ4v) is 2.50. The Morgan fingerprint density at radius 2 is 2.09 bits per heavy atom. The van der Waals surface area contributed by atoms with Crippen molar-refractivity contribution in [1.29, 1.82) is 0 Å². The van der Waals surface area contributed by atoms with Gasteiger partial charge in [0.2, 0.25) is 0 Å². The van der Waals surface area contributed by atoms with Gasteiger partial charge in [-0.15, -0.1) is 0 Å². The Kier molecular flexibility index (Phi) is 5.55. The maximum atomic E-state index is 12.8. The van der Waals surface area contributed by atoms with Gasteiger partial charge >= 0.3 is 12.2 Å². The minimum atomic E-state index is -4.38. The van der Waals surface area contributed by atoms with Gasteiger partial charge in [-0.25, -0.2) is 4.79 Å². The molecule has 2 amide bonds. The molecule has 0 aromatic heterocycles. The molecule has 1 atom stereocenters. The number of alkyl halides is 3. The van der Waals surface area contributed by atoms with Crippen molar-refractivity contribution in [1.82, 2.24) is 10.2 Å². The smallest absolute Gasteiger partial charge is 0.331 e. The second kappa shape index (κ2) is 7.23. The lowest BCUT2D eigenvalue weighted by atomic mass is 10.1. The zero-order valence-electron chi connectivity index (χ0n) is 13.5. The first-order valence-electron chi connectivity index (χ1n) is 8.04. The minimum Gasteiger partial charge on any atom is -0.331 e. The van der Waals surface area contributed by atoms with Crippen LogP contribution in [0, 0.1) is 5.92 Å². The summed E-state index contributed by atoms with van der Waals surface area (Å²) < 4.78 is 38.3. The number of hydrogen-bond acceptors (Lipinski definition) is 1. The first-order chi connectivity index (χ1) is 10.8. The van der Waals surface area contributed by atoms with E-state index >= 15 is 0 Å². The van der Waals surface area contributed by atoms with Crippen LogP contribution >= 0.6 is 0 Å². The Morgan fingerprint density at radius 3 is 2.65 bits per heavy atom. The van der Waals surface area contributed by atoms with Crippen molar-refractivity contribution in [3.63, 3.8) is 0 Å². The lowest BCUT2D eigenvalue weighted by Gasteiger charge is -2.25. The normalized spacial score (nSPS) is 16.0. The molecule has 1 aromatic rings. The van der Waals surface area contributed by atoms with Crippen LogP contribution in [0.5, 0.6) is 0 Å². The van der Waals surface area contributed by atoms with Gasteiger partial charge in [0.25, 0.3) is 0 Å². The first-order valence-corrected chi connectivity index (χ1v) is 8.04. The number of nitrogens with one attached hydrogen (secondary N) is 1. The van der Waals surface area contributed by atoms with Gasteiger partial charge in [-0.1, -0.05) is 19.1 Å². The van der Waals surface area contributed by atoms with E-state index in [-0.39, 0.29) is 6.03 Å². The van der Waals surface area contributed by atoms with Gasteiger partial charge in [-0.2, -0.15) is 13.2 Å². The predicted octanol–water partition coefficient (Wildman–Crippen LogP) is 4.60. The zero-order chi connectivity index (χ0) is 17.0. The molecular weight excluding hydrogens is 305 g/mol. The van der Waals surface area contributed by atoms with Crippen LogP contribution in [0.4, 0.5) is 18.0 Å². The number of halogens is 3. The van der Waals surface area contributed by atoms with Crippen molar-refractivity contribution in [3.8, 4) is 0 Å². The van der Waals surface area contributed by atoms with Gasteiger partial charge in [-0.3, -0.25) is 0 Å². The molecule has 0 bridgehead atoms. The van der Waals surface area contributed by atoms with Gasteiger partial charge in [0.15, 0.2) is 0 Å². The Morgan fingerprint density at radius 1 is 1.39 bits per heavy atom. The van der Waals surface area contributed by atoms with Crippen molar-refractivity contribution in [2.45, 2.75) is 45.3 Å². The van der Waals surface area contributed by atoms with Gasteiger partial charge in [-0.05, 0) is 49.8 Å². The van der Waals surface area contributed by atoms with Crippen LogP contribution in [0.2, 0.25) is 0 Å². The Labute approximate surface area is 134 Å². The highest BCUT2D eigenvalue weighted by Gasteiger charge is 2.31. The third-order valence-corrected chi connectivity index (χ3v) is 4.01. The summed E-state index contributed by atoms with van der Waals surface area (Å²) in [6.07, 6.45) is -1.22. The number of rotatable bonds is 6. The highest BCUT2D eigenvalue weighted by Crippen LogP contribution is 2.31. The number of carbonyl (C=O) groups is 1. The van der Waals surface area contributed by atoms with E-state index in [0.29, 0.717) is 18.0 Å². The van der Waals surface area contributed by atoms with Crippen LogP contribution in [0.1, 0.15) is 50.3 Å². The van der Waals surface area contributed by atoms with Gasteiger partial charge in [0.1, 0.15) is 0 Å². The Hall–Kier alpha value is -1.72. The average molecular weight is 328 g/mol. The van der Waals surface area contributed by atoms with Gasteiger partial charge in [0, 0.05) is 13.1 Å². The summed E-state index contributed by atoms with van der Waals surface area (Å²) in [6.45, 7) is 5.10. The second-order valence-corrected chi connectivity index (χ2v) is 6.18. The highest BCUT2D eigenvalue weighted by molar-refractivity contribution is 5.74. The van der Waals surface area contributed by atoms with E-state index in [1.165, 1.54) is 6.07 Å². The third kappa shape index (κ3) is 5.15. The van der Waals surface area contributed by atoms with Crippen LogP contribution in [-0.2, 0) is 6.18 Å². The van der Waals surface area contributed by atoms with Crippen LogP contribution in [0.25, 0.3) is 0 Å². The summed E-state index contributed by atoms with van der Waals surface area (Å²) >= 11 is 0. The largest absolute Gasteiger partial charge is 0.416 e. The van der Waals surface area contributed by atoms with Crippen molar-refractivity contribution in [2.75, 3.05) is 13.1 Å². The molecule has 0 radical (unpaired) electrons. The molecule has 1 aliphatic carbocycles. The molecule has 6 heteroatoms. The number of hydrogen-bond donors (Lipinski definition) is 1. The number of carbonyl (C=O) groups excluding carboxylic acids is 1. The van der Waals surface area contributed by atoms with E-state index in [0.717, 1.165) is 37.9 Å². The van der Waals surface area contributed by atoms with Crippen LogP contribution in [0.15, 0.2) is 24.3 Å². The summed E-state index contributed by atoms with van der Waals surface area (Å²) in [6, 6.07) is 4.43. The molecule has 23 heavy (non-hydrogen) atoms. The molecule has 0 spiro atoms. The molecule has 1 fully saturated rings. The summed E-state index contributed by atoms with van der Waals surface area (Å²) in [7, 11) is 0. The lowest BCUT2D eigenvalue weighted by Crippen LogP contribution is -2.42. The van der Waals surface area contributed by atoms with E-state index < -0.39 is 17.8 Å². The molecule has 3 nitrogen and oxygen atoms in total. The summed E-state index contributed by atoms with van der Waals surface area (Å²) in [5.41, 5.74) is -0.240. The Balaban J connectivity index is 2.01. The maximum absolute atomic E-state index is 12.8. The quantitative estimate of drug-likeness (QED) is 0.813. The zero-order valence-corrected chi connectivity index (χ0v) is 13.5. The molecule has 0 heterocycles. The molecule has 2 rings (SSSR count). The van der Waals surface area contributed by atoms with E-state index in [1.54, 1.807) is 17.9 Å². The first kappa shape index (κ1) is 17.6. The Bertz CT molecular complexity index is 541. The SMILES string of the molecule is CCCN(CC1CC1)C(=O)NC(C)c1cccc(C(F)(F)F)c1. The summed E-state index contributed by atoms with van der Waals surface area (Å²) in [4.78, 5) is 14.1. The molecule has 1 aliphatic rings. The molecule has 1 unspecified atom stereocenters. The monoisotopic (exact) mass is 328 g/mol. The molecule has 0 saturated heterocycles. The molecule has 0 aliphatic heterocycles. The molecule has 1 aromatic carbocycles. The van der Waals surface area contributed by atoms with Crippen molar-refractivity contribution in [3.05, 3.63) is 35.4 Å². The minimum absolute atomic E-state index is 0.205. The highest BCUT2D eigenvalue weighted by atomic mass is 19.4. The van der Waals surface area contributed by atoms with E-state index in [1.807, 2.05) is 6.92 Å². The summed E-state index contributed by atoms with van der Waals surface area (Å²) in [5, 5.41) is 2.81. The number of benzene rings is 1. The standard InChI is InChI=1S/C17H23F3N2O/c1-3-9-22(11-13-7-8-13)16(23)21-12(2)14-5-4-6-15(10-14)17(18,19)20/h4-6,10,12-13H,3,7-9,11H2,1-2H3,(H,21,23). The fraction of sp³-hybridized carbons (Fsp3) is 0.588. The molecule has 128 valence electrons. The predicted molar refractivity (Wildman–Crippen MR) is 83.0 cm³/mol. The van der Waals surface area contributed by atoms with Crippen LogP contribution in [-0.4, -0.2) is 24.0 Å². The number of nitrogens with zero attached hydrogens (tertiary/aromatic N) is 1. The van der Waals surface area contributed by atoms with Gasteiger partial charge in [0.05, 0.1) is 11.6 Å². The second-order valence-electron chi connectivity index (χ2n) is 6.18. The maximum Gasteiger partial charge on any atom is 0.416 e. The molecule has 1 saturated carbocycles. The molecular formula is C17H23F3N2O. The number of urea groups is 1. The topological polar surface area (TPSA) is 32.3 Å². The number of amides is 2. The van der Waals surface area contributed by atoms with Crippen LogP contribution < -0.4 is 5.32 Å². The van der Waals surface area contributed by atoms with Crippen molar-refractivity contribution < 1.29 is 18.0 Å². The average Bonchev–Trinajstić information content (AvgIpc) is 3.30. The van der Waals surface area contributed by atoms with E-state index in [2.05, 4.69) is 5.32 Å². The van der Waals surface area contributed by atoms with E-state index in [9.17, 15) is 18.0 Å². The van der Waals surface area contributed by atoms with E-state index in [4.69, 9.17) is 0 Å². The molecule has 1 N–H and O–H groups in total. The summed E-state index contributed by atoms with van der Waals surface area (Å²) in [5.74, 6) is 0.580. The third-order valence-electron chi connectivity index (χ3n) is 4.01. The fourth-order valence-electron chi connectivity index (χ4n) is 2.50. The van der Waals surface area contributed by atoms with Gasteiger partial charge < -0.3 is 10.2 Å². The van der Waals surface area contributed by atoms with Crippen molar-refractivity contribution in [2.24, 2.45) is 5.92 Å². The van der Waals surface area contributed by atoms with Crippen LogP contribution in [0.3, 0.4) is 0 Å².